The van der Waals surface area contributed by atoms with Gasteiger partial charge in [-0.1, -0.05) is 6.07 Å². The van der Waals surface area contributed by atoms with Crippen LogP contribution in [0.5, 0.6) is 11.5 Å². The van der Waals surface area contributed by atoms with Crippen LogP contribution in [0.4, 0.5) is 0 Å². The molecule has 114 valence electrons. The zero-order chi connectivity index (χ0) is 15.8. The second kappa shape index (κ2) is 7.83. The molecule has 0 N–H and O–H groups in total. The quantitative estimate of drug-likeness (QED) is 0.606. The summed E-state index contributed by atoms with van der Waals surface area (Å²) in [6.07, 6.45) is 4.68. The van der Waals surface area contributed by atoms with Gasteiger partial charge in [-0.2, -0.15) is 0 Å². The molecule has 0 fully saturated rings. The molecule has 0 unspecified atom stereocenters. The van der Waals surface area contributed by atoms with Crippen LogP contribution in [0.15, 0.2) is 48.7 Å². The fourth-order valence-corrected chi connectivity index (χ4v) is 1.78. The molecule has 22 heavy (non-hydrogen) atoms. The zero-order valence-corrected chi connectivity index (χ0v) is 12.5. The van der Waals surface area contributed by atoms with Gasteiger partial charge in [-0.3, -0.25) is 4.98 Å². The monoisotopic (exact) mass is 299 g/mol. The van der Waals surface area contributed by atoms with Crippen molar-refractivity contribution in [3.8, 4) is 11.5 Å². The minimum atomic E-state index is -0.432. The molecule has 1 aromatic heterocycles. The molecule has 0 aliphatic carbocycles. The summed E-state index contributed by atoms with van der Waals surface area (Å²) in [4.78, 5) is 15.4. The highest BCUT2D eigenvalue weighted by molar-refractivity contribution is 5.87. The predicted octanol–water partition coefficient (Wildman–Crippen LogP) is 2.86. The van der Waals surface area contributed by atoms with Gasteiger partial charge in [-0.15, -0.1) is 0 Å². The summed E-state index contributed by atoms with van der Waals surface area (Å²) in [5, 5.41) is 0. The van der Waals surface area contributed by atoms with E-state index in [-0.39, 0.29) is 0 Å². The predicted molar refractivity (Wildman–Crippen MR) is 82.6 cm³/mol. The van der Waals surface area contributed by atoms with Gasteiger partial charge in [0, 0.05) is 17.8 Å². The summed E-state index contributed by atoms with van der Waals surface area (Å²) in [6.45, 7) is 0.340. The molecular weight excluding hydrogens is 282 g/mol. The SMILES string of the molecule is COC(=O)/C=C/c1cc(OC)ccc1OCc1ccccn1. The average Bonchev–Trinajstić information content (AvgIpc) is 2.58. The molecular formula is C17H17NO4. The summed E-state index contributed by atoms with van der Waals surface area (Å²) in [5.74, 6) is 0.875. The molecule has 5 heteroatoms. The highest BCUT2D eigenvalue weighted by atomic mass is 16.5. The lowest BCUT2D eigenvalue weighted by atomic mass is 10.1. The highest BCUT2D eigenvalue weighted by Gasteiger charge is 2.05. The highest BCUT2D eigenvalue weighted by Crippen LogP contribution is 2.26. The topological polar surface area (TPSA) is 57.7 Å². The second-order valence-corrected chi connectivity index (χ2v) is 4.37. The Kier molecular flexibility index (Phi) is 5.54. The van der Waals surface area contributed by atoms with Gasteiger partial charge in [0.15, 0.2) is 0 Å². The number of hydrogen-bond acceptors (Lipinski definition) is 5. The Morgan fingerprint density at radius 3 is 2.77 bits per heavy atom. The molecule has 0 spiro atoms. The van der Waals surface area contributed by atoms with E-state index in [1.807, 2.05) is 18.2 Å². The van der Waals surface area contributed by atoms with Crippen molar-refractivity contribution in [1.82, 2.24) is 4.98 Å². The first-order valence-corrected chi connectivity index (χ1v) is 6.69. The maximum Gasteiger partial charge on any atom is 0.330 e. The Balaban J connectivity index is 2.18. The van der Waals surface area contributed by atoms with Gasteiger partial charge in [0.1, 0.15) is 18.1 Å². The van der Waals surface area contributed by atoms with E-state index in [0.717, 1.165) is 11.3 Å². The molecule has 2 rings (SSSR count). The van der Waals surface area contributed by atoms with Gasteiger partial charge in [0.05, 0.1) is 19.9 Å². The number of benzene rings is 1. The van der Waals surface area contributed by atoms with Crippen LogP contribution in [0.3, 0.4) is 0 Å². The van der Waals surface area contributed by atoms with Crippen LogP contribution >= 0.6 is 0 Å². The number of nitrogens with zero attached hydrogens (tertiary/aromatic N) is 1. The fourth-order valence-electron chi connectivity index (χ4n) is 1.78. The Morgan fingerprint density at radius 1 is 1.23 bits per heavy atom. The van der Waals surface area contributed by atoms with Crippen molar-refractivity contribution < 1.29 is 19.0 Å². The normalized spacial score (nSPS) is 10.5. The summed E-state index contributed by atoms with van der Waals surface area (Å²) in [5.41, 5.74) is 1.54. The molecule has 2 aromatic rings. The number of carbonyl (C=O) groups excluding carboxylic acids is 1. The minimum Gasteiger partial charge on any atom is -0.497 e. The maximum atomic E-state index is 11.2. The lowest BCUT2D eigenvalue weighted by Crippen LogP contribution is -1.99. The molecule has 5 nitrogen and oxygen atoms in total. The molecule has 1 heterocycles. The first-order valence-electron chi connectivity index (χ1n) is 6.69. The van der Waals surface area contributed by atoms with Crippen LogP contribution in [0.25, 0.3) is 6.08 Å². The molecule has 1 aromatic carbocycles. The Hall–Kier alpha value is -2.82. The molecule has 0 aliphatic rings. The number of hydrogen-bond donors (Lipinski definition) is 0. The van der Waals surface area contributed by atoms with Crippen LogP contribution in [-0.4, -0.2) is 25.2 Å². The number of ether oxygens (including phenoxy) is 3. The molecule has 0 saturated heterocycles. The smallest absolute Gasteiger partial charge is 0.330 e. The largest absolute Gasteiger partial charge is 0.497 e. The van der Waals surface area contributed by atoms with Crippen molar-refractivity contribution in [3.63, 3.8) is 0 Å². The minimum absolute atomic E-state index is 0.340. The van der Waals surface area contributed by atoms with Crippen LogP contribution < -0.4 is 9.47 Å². The van der Waals surface area contributed by atoms with E-state index in [2.05, 4.69) is 9.72 Å². The van der Waals surface area contributed by atoms with E-state index in [9.17, 15) is 4.79 Å². The first kappa shape index (κ1) is 15.6. The average molecular weight is 299 g/mol. The molecule has 0 radical (unpaired) electrons. The van der Waals surface area contributed by atoms with E-state index in [1.165, 1.54) is 13.2 Å². The Labute approximate surface area is 129 Å². The van der Waals surface area contributed by atoms with Gasteiger partial charge >= 0.3 is 5.97 Å². The number of pyridine rings is 1. The zero-order valence-electron chi connectivity index (χ0n) is 12.5. The number of aromatic nitrogens is 1. The summed E-state index contributed by atoms with van der Waals surface area (Å²) < 4.78 is 15.5. The molecule has 0 atom stereocenters. The van der Waals surface area contributed by atoms with E-state index in [0.29, 0.717) is 18.1 Å². The van der Waals surface area contributed by atoms with Crippen molar-refractivity contribution in [3.05, 3.63) is 59.9 Å². The van der Waals surface area contributed by atoms with E-state index >= 15 is 0 Å². The van der Waals surface area contributed by atoms with Crippen LogP contribution in [0.1, 0.15) is 11.3 Å². The lowest BCUT2D eigenvalue weighted by molar-refractivity contribution is -0.134. The lowest BCUT2D eigenvalue weighted by Gasteiger charge is -2.10. The number of esters is 1. The maximum absolute atomic E-state index is 11.2. The second-order valence-electron chi connectivity index (χ2n) is 4.37. The summed E-state index contributed by atoms with van der Waals surface area (Å²) in [6, 6.07) is 11.0. The van der Waals surface area contributed by atoms with Crippen LogP contribution in [0.2, 0.25) is 0 Å². The van der Waals surface area contributed by atoms with Gasteiger partial charge < -0.3 is 14.2 Å². The van der Waals surface area contributed by atoms with Crippen LogP contribution in [-0.2, 0) is 16.1 Å². The van der Waals surface area contributed by atoms with Crippen LogP contribution in [0, 0.1) is 0 Å². The number of methoxy groups -OCH3 is 2. The van der Waals surface area contributed by atoms with E-state index in [4.69, 9.17) is 9.47 Å². The van der Waals surface area contributed by atoms with Gasteiger partial charge in [0.25, 0.3) is 0 Å². The van der Waals surface area contributed by atoms with Crippen molar-refractivity contribution in [2.24, 2.45) is 0 Å². The van der Waals surface area contributed by atoms with E-state index in [1.54, 1.807) is 37.6 Å². The summed E-state index contributed by atoms with van der Waals surface area (Å²) >= 11 is 0. The van der Waals surface area contributed by atoms with Crippen molar-refractivity contribution in [1.29, 1.82) is 0 Å². The Morgan fingerprint density at radius 2 is 2.09 bits per heavy atom. The van der Waals surface area contributed by atoms with E-state index < -0.39 is 5.97 Å². The van der Waals surface area contributed by atoms with Crippen molar-refractivity contribution in [2.45, 2.75) is 6.61 Å². The Bertz CT molecular complexity index is 653. The van der Waals surface area contributed by atoms with Gasteiger partial charge in [-0.05, 0) is 36.4 Å². The summed E-state index contributed by atoms with van der Waals surface area (Å²) in [7, 11) is 2.91. The third kappa shape index (κ3) is 4.34. The van der Waals surface area contributed by atoms with Crippen molar-refractivity contribution >= 4 is 12.0 Å². The molecule has 0 amide bonds. The molecule has 0 bridgehead atoms. The van der Waals surface area contributed by atoms with Gasteiger partial charge in [-0.25, -0.2) is 4.79 Å². The number of rotatable bonds is 6. The first-order chi connectivity index (χ1) is 10.7. The van der Waals surface area contributed by atoms with Gasteiger partial charge in [0.2, 0.25) is 0 Å². The fraction of sp³-hybridized carbons (Fsp3) is 0.176. The van der Waals surface area contributed by atoms with Crippen molar-refractivity contribution in [2.75, 3.05) is 14.2 Å². The third-order valence-corrected chi connectivity index (χ3v) is 2.92. The molecule has 0 saturated carbocycles. The molecule has 0 aliphatic heterocycles. The number of carbonyl (C=O) groups is 1. The third-order valence-electron chi connectivity index (χ3n) is 2.92. The standard InChI is InChI=1S/C17H17NO4/c1-20-15-7-8-16(13(11-15)6-9-17(19)21-2)22-12-14-5-3-4-10-18-14/h3-11H,12H2,1-2H3/b9-6+.